The second-order valence-electron chi connectivity index (χ2n) is 2.68. The molecule has 17 heavy (non-hydrogen) atoms. The van der Waals surface area contributed by atoms with Gasteiger partial charge in [-0.15, -0.1) is 0 Å². The van der Waals surface area contributed by atoms with Crippen molar-refractivity contribution in [2.45, 2.75) is 11.3 Å². The summed E-state index contributed by atoms with van der Waals surface area (Å²) >= 11 is 1.29. The van der Waals surface area contributed by atoms with Crippen LogP contribution in [-0.4, -0.2) is 18.3 Å². The Morgan fingerprint density at radius 2 is 2.06 bits per heavy atom. The van der Waals surface area contributed by atoms with E-state index in [2.05, 4.69) is 4.98 Å². The van der Waals surface area contributed by atoms with Crippen molar-refractivity contribution in [3.05, 3.63) is 25.6 Å². The van der Waals surface area contributed by atoms with Crippen LogP contribution < -0.4 is 0 Å². The van der Waals surface area contributed by atoms with Crippen LogP contribution in [0.1, 0.15) is 12.1 Å². The fourth-order valence-corrected chi connectivity index (χ4v) is 2.93. The molecule has 0 aromatic carbocycles. The summed E-state index contributed by atoms with van der Waals surface area (Å²) in [7, 11) is 0.444. The monoisotopic (exact) mass is 398 g/mol. The van der Waals surface area contributed by atoms with E-state index in [0.717, 1.165) is 0 Å². The highest BCUT2D eigenvalue weighted by Gasteiger charge is 2.30. The molecule has 0 saturated carbocycles. The van der Waals surface area contributed by atoms with Crippen LogP contribution in [0.2, 0.25) is 0 Å². The first-order valence-electron chi connectivity index (χ1n) is 3.72. The molecule has 94 valence electrons. The number of alkyl halides is 2. The number of nitro groups is 1. The van der Waals surface area contributed by atoms with Gasteiger partial charge in [-0.3, -0.25) is 10.1 Å². The highest BCUT2D eigenvalue weighted by atomic mass is 127. The fourth-order valence-electron chi connectivity index (χ4n) is 0.966. The zero-order valence-corrected chi connectivity index (χ0v) is 11.3. The van der Waals surface area contributed by atoms with Gasteiger partial charge in [-0.1, -0.05) is 0 Å². The number of nitrogens with zero attached hydrogens (tertiary/aromatic N) is 2. The van der Waals surface area contributed by atoms with Crippen molar-refractivity contribution in [3.63, 3.8) is 0 Å². The molecule has 0 radical (unpaired) electrons. The Balaban J connectivity index is 3.69. The van der Waals surface area contributed by atoms with Crippen LogP contribution in [0, 0.1) is 13.8 Å². The van der Waals surface area contributed by atoms with Gasteiger partial charge in [0.15, 0.2) is 8.60 Å². The van der Waals surface area contributed by atoms with E-state index in [4.69, 9.17) is 10.7 Å². The molecule has 6 nitrogen and oxygen atoms in total. The van der Waals surface area contributed by atoms with Gasteiger partial charge >= 0.3 is 5.69 Å². The SMILES string of the molecule is O=[N+]([O-])c1c(S(=O)(=O)Cl)cc(C(F)F)nc1I. The first kappa shape index (κ1) is 14.4. The van der Waals surface area contributed by atoms with Gasteiger partial charge < -0.3 is 0 Å². The highest BCUT2D eigenvalue weighted by molar-refractivity contribution is 14.1. The van der Waals surface area contributed by atoms with Crippen molar-refractivity contribution in [1.29, 1.82) is 0 Å². The third-order valence-electron chi connectivity index (χ3n) is 1.60. The zero-order chi connectivity index (χ0) is 13.4. The molecule has 0 bridgehead atoms. The minimum Gasteiger partial charge on any atom is -0.258 e. The van der Waals surface area contributed by atoms with Crippen LogP contribution in [-0.2, 0) is 9.05 Å². The van der Waals surface area contributed by atoms with E-state index >= 15 is 0 Å². The lowest BCUT2D eigenvalue weighted by Crippen LogP contribution is -2.06. The molecule has 0 unspecified atom stereocenters. The Morgan fingerprint density at radius 1 is 1.53 bits per heavy atom. The first-order chi connectivity index (χ1) is 7.64. The van der Waals surface area contributed by atoms with Crippen LogP contribution in [0.5, 0.6) is 0 Å². The summed E-state index contributed by atoms with van der Waals surface area (Å²) in [5.74, 6) is 0. The van der Waals surface area contributed by atoms with Crippen molar-refractivity contribution in [3.8, 4) is 0 Å². The second kappa shape index (κ2) is 4.94. The zero-order valence-electron chi connectivity index (χ0n) is 7.60. The molecule has 0 saturated heterocycles. The Labute approximate surface area is 112 Å². The number of hydrogen-bond acceptors (Lipinski definition) is 5. The quantitative estimate of drug-likeness (QED) is 0.256. The van der Waals surface area contributed by atoms with Crippen molar-refractivity contribution in [2.75, 3.05) is 0 Å². The average molecular weight is 399 g/mol. The predicted octanol–water partition coefficient (Wildman–Crippen LogP) is 2.46. The standard InChI is InChI=1S/C6H2ClF2IN2O4S/c7-17(15,16)3-1-2(5(8)9)11-6(10)4(3)12(13)14/h1,5H. The molecule has 0 atom stereocenters. The van der Waals surface area contributed by atoms with E-state index in [1.165, 1.54) is 22.6 Å². The highest BCUT2D eigenvalue weighted by Crippen LogP contribution is 2.33. The number of rotatable bonds is 3. The summed E-state index contributed by atoms with van der Waals surface area (Å²) in [6.07, 6.45) is -3.05. The lowest BCUT2D eigenvalue weighted by atomic mass is 10.3. The van der Waals surface area contributed by atoms with Gasteiger partial charge in [-0.05, 0) is 28.7 Å². The van der Waals surface area contributed by atoms with Crippen LogP contribution in [0.25, 0.3) is 0 Å². The Bertz CT molecular complexity index is 580. The maximum atomic E-state index is 12.4. The van der Waals surface area contributed by atoms with E-state index in [1.807, 2.05) is 0 Å². The van der Waals surface area contributed by atoms with Gasteiger partial charge in [-0.2, -0.15) is 0 Å². The normalized spacial score (nSPS) is 11.8. The molecule has 0 spiro atoms. The molecule has 0 N–H and O–H groups in total. The van der Waals surface area contributed by atoms with Crippen molar-refractivity contribution in [1.82, 2.24) is 4.98 Å². The molecule has 11 heteroatoms. The lowest BCUT2D eigenvalue weighted by Gasteiger charge is -2.04. The smallest absolute Gasteiger partial charge is 0.258 e. The topological polar surface area (TPSA) is 90.2 Å². The summed E-state index contributed by atoms with van der Waals surface area (Å²) in [5.41, 5.74) is -1.80. The molecule has 0 aliphatic rings. The first-order valence-corrected chi connectivity index (χ1v) is 7.11. The largest absolute Gasteiger partial charge is 0.320 e. The van der Waals surface area contributed by atoms with E-state index in [9.17, 15) is 27.3 Å². The molecule has 1 aromatic rings. The summed E-state index contributed by atoms with van der Waals surface area (Å²) in [6.45, 7) is 0. The molecule has 0 fully saturated rings. The molecule has 0 aliphatic carbocycles. The van der Waals surface area contributed by atoms with Crippen LogP contribution in [0.4, 0.5) is 14.5 Å². The van der Waals surface area contributed by atoms with Crippen molar-refractivity contribution in [2.24, 2.45) is 0 Å². The molecular formula is C6H2ClF2IN2O4S. The van der Waals surface area contributed by atoms with E-state index in [0.29, 0.717) is 6.07 Å². The summed E-state index contributed by atoms with van der Waals surface area (Å²) in [4.78, 5) is 11.8. The van der Waals surface area contributed by atoms with Gasteiger partial charge in [-0.25, -0.2) is 22.2 Å². The van der Waals surface area contributed by atoms with E-state index in [1.54, 1.807) is 0 Å². The predicted molar refractivity (Wildman–Crippen MR) is 61.6 cm³/mol. The Morgan fingerprint density at radius 3 is 2.41 bits per heavy atom. The number of hydrogen-bond donors (Lipinski definition) is 0. The summed E-state index contributed by atoms with van der Waals surface area (Å²) in [6, 6.07) is 0.396. The average Bonchev–Trinajstić information content (AvgIpc) is 2.14. The molecule has 0 aliphatic heterocycles. The number of halogens is 4. The summed E-state index contributed by atoms with van der Waals surface area (Å²) in [5, 5.41) is 10.6. The minimum atomic E-state index is -4.50. The maximum Gasteiger partial charge on any atom is 0.320 e. The van der Waals surface area contributed by atoms with Gasteiger partial charge in [0.1, 0.15) is 5.69 Å². The second-order valence-corrected chi connectivity index (χ2v) is 6.24. The van der Waals surface area contributed by atoms with Gasteiger partial charge in [0, 0.05) is 10.7 Å². The number of aromatic nitrogens is 1. The molecular weight excluding hydrogens is 396 g/mol. The lowest BCUT2D eigenvalue weighted by molar-refractivity contribution is -0.389. The van der Waals surface area contributed by atoms with Crippen LogP contribution >= 0.6 is 33.3 Å². The van der Waals surface area contributed by atoms with Crippen molar-refractivity contribution >= 4 is 48.0 Å². The van der Waals surface area contributed by atoms with Gasteiger partial charge in [0.2, 0.25) is 0 Å². The van der Waals surface area contributed by atoms with Crippen LogP contribution in [0.15, 0.2) is 11.0 Å². The molecule has 1 aromatic heterocycles. The van der Waals surface area contributed by atoms with E-state index in [-0.39, 0.29) is 0 Å². The van der Waals surface area contributed by atoms with Gasteiger partial charge in [0.05, 0.1) is 4.92 Å². The van der Waals surface area contributed by atoms with E-state index < -0.39 is 40.4 Å². The van der Waals surface area contributed by atoms with Gasteiger partial charge in [0.25, 0.3) is 15.5 Å². The van der Waals surface area contributed by atoms with Crippen LogP contribution in [0.3, 0.4) is 0 Å². The molecule has 1 heterocycles. The summed E-state index contributed by atoms with van der Waals surface area (Å²) < 4.78 is 46.4. The molecule has 0 amide bonds. The van der Waals surface area contributed by atoms with Crippen molar-refractivity contribution < 1.29 is 22.1 Å². The third-order valence-corrected chi connectivity index (χ3v) is 3.69. The Kier molecular flexibility index (Phi) is 4.19. The molecule has 1 rings (SSSR count). The Hall–Kier alpha value is -0.620. The minimum absolute atomic E-state index is 0.396. The maximum absolute atomic E-state index is 12.4. The number of pyridine rings is 1. The fraction of sp³-hybridized carbons (Fsp3) is 0.167. The third kappa shape index (κ3) is 3.19.